The van der Waals surface area contributed by atoms with Gasteiger partial charge in [0.05, 0.1) is 17.7 Å². The predicted molar refractivity (Wildman–Crippen MR) is 62.5 cm³/mol. The lowest BCUT2D eigenvalue weighted by Crippen LogP contribution is -2.46. The minimum Gasteiger partial charge on any atom is -0.394 e. The largest absolute Gasteiger partial charge is 0.394 e. The van der Waals surface area contributed by atoms with Crippen molar-refractivity contribution >= 4 is 17.1 Å². The molecule has 0 aliphatic carbocycles. The molecule has 6 nitrogen and oxygen atoms in total. The van der Waals surface area contributed by atoms with Gasteiger partial charge in [0.25, 0.3) is 5.91 Å². The monoisotopic (exact) mass is 234 g/mol. The van der Waals surface area contributed by atoms with Crippen LogP contribution in [0.15, 0.2) is 18.6 Å². The second-order valence-electron chi connectivity index (χ2n) is 4.45. The topological polar surface area (TPSA) is 90.9 Å². The summed E-state index contributed by atoms with van der Waals surface area (Å²) in [6, 6.07) is 0. The molecule has 0 aliphatic heterocycles. The van der Waals surface area contributed by atoms with Gasteiger partial charge in [0, 0.05) is 18.6 Å². The molecule has 2 heterocycles. The quantitative estimate of drug-likeness (QED) is 0.719. The van der Waals surface area contributed by atoms with E-state index in [1.165, 1.54) is 6.20 Å². The molecule has 17 heavy (non-hydrogen) atoms. The Bertz CT molecular complexity index is 547. The molecule has 2 aromatic rings. The number of hydrogen-bond donors (Lipinski definition) is 3. The third-order valence-corrected chi connectivity index (χ3v) is 2.40. The van der Waals surface area contributed by atoms with Crippen LogP contribution in [0.1, 0.15) is 24.2 Å². The van der Waals surface area contributed by atoms with E-state index in [-0.39, 0.29) is 12.5 Å². The third-order valence-electron chi connectivity index (χ3n) is 2.40. The first-order valence-electron chi connectivity index (χ1n) is 5.25. The van der Waals surface area contributed by atoms with Crippen LogP contribution in [0.4, 0.5) is 0 Å². The number of aromatic amines is 1. The van der Waals surface area contributed by atoms with E-state index in [9.17, 15) is 4.79 Å². The van der Waals surface area contributed by atoms with E-state index in [0.717, 1.165) is 0 Å². The minimum absolute atomic E-state index is 0.132. The van der Waals surface area contributed by atoms with Gasteiger partial charge in [-0.1, -0.05) is 0 Å². The number of fused-ring (bicyclic) bond motifs is 1. The highest BCUT2D eigenvalue weighted by atomic mass is 16.3. The van der Waals surface area contributed by atoms with Gasteiger partial charge in [-0.25, -0.2) is 4.98 Å². The van der Waals surface area contributed by atoms with Crippen LogP contribution in [-0.2, 0) is 0 Å². The molecular weight excluding hydrogens is 220 g/mol. The van der Waals surface area contributed by atoms with Gasteiger partial charge in [0.15, 0.2) is 5.65 Å². The molecule has 0 aliphatic rings. The van der Waals surface area contributed by atoms with E-state index in [4.69, 9.17) is 5.11 Å². The lowest BCUT2D eigenvalue weighted by Gasteiger charge is -2.23. The van der Waals surface area contributed by atoms with E-state index < -0.39 is 5.54 Å². The van der Waals surface area contributed by atoms with Crippen LogP contribution < -0.4 is 5.32 Å². The van der Waals surface area contributed by atoms with Crippen LogP contribution in [0.5, 0.6) is 0 Å². The smallest absolute Gasteiger partial charge is 0.255 e. The molecule has 6 heteroatoms. The summed E-state index contributed by atoms with van der Waals surface area (Å²) in [5, 5.41) is 11.8. The number of nitrogens with zero attached hydrogens (tertiary/aromatic N) is 2. The van der Waals surface area contributed by atoms with E-state index in [1.807, 2.05) is 0 Å². The molecular formula is C11H14N4O2. The van der Waals surface area contributed by atoms with Gasteiger partial charge in [-0.15, -0.1) is 0 Å². The predicted octanol–water partition coefficient (Wildman–Crippen LogP) is 0.459. The number of aliphatic hydroxyl groups excluding tert-OH is 1. The summed E-state index contributed by atoms with van der Waals surface area (Å²) < 4.78 is 0. The van der Waals surface area contributed by atoms with E-state index in [2.05, 4.69) is 20.3 Å². The Kier molecular flexibility index (Phi) is 2.81. The maximum atomic E-state index is 12.0. The summed E-state index contributed by atoms with van der Waals surface area (Å²) in [6.45, 7) is 3.35. The van der Waals surface area contributed by atoms with Crippen LogP contribution in [0.2, 0.25) is 0 Å². The zero-order chi connectivity index (χ0) is 12.5. The number of aromatic nitrogens is 3. The Morgan fingerprint density at radius 1 is 1.47 bits per heavy atom. The first kappa shape index (κ1) is 11.5. The number of carbonyl (C=O) groups excluding carboxylic acids is 1. The SMILES string of the molecule is CC(C)(CO)NC(=O)c1c[nH]c2nccnc12. The van der Waals surface area contributed by atoms with Crippen LogP contribution in [0, 0.1) is 0 Å². The molecule has 1 amide bonds. The molecule has 0 unspecified atom stereocenters. The van der Waals surface area contributed by atoms with Crippen LogP contribution in [-0.4, -0.2) is 38.1 Å². The highest BCUT2D eigenvalue weighted by molar-refractivity contribution is 6.04. The van der Waals surface area contributed by atoms with Gasteiger partial charge in [0.1, 0.15) is 5.52 Å². The van der Waals surface area contributed by atoms with Crippen LogP contribution in [0.25, 0.3) is 11.2 Å². The lowest BCUT2D eigenvalue weighted by atomic mass is 10.1. The zero-order valence-corrected chi connectivity index (χ0v) is 9.69. The number of nitrogens with one attached hydrogen (secondary N) is 2. The van der Waals surface area contributed by atoms with Crippen molar-refractivity contribution in [3.8, 4) is 0 Å². The molecule has 0 aromatic carbocycles. The van der Waals surface area contributed by atoms with Crippen molar-refractivity contribution in [2.75, 3.05) is 6.61 Å². The minimum atomic E-state index is -0.664. The molecule has 0 saturated heterocycles. The Labute approximate surface area is 98.1 Å². The van der Waals surface area contributed by atoms with Gasteiger partial charge in [0.2, 0.25) is 0 Å². The maximum Gasteiger partial charge on any atom is 0.255 e. The average Bonchev–Trinajstić information content (AvgIpc) is 2.72. The van der Waals surface area contributed by atoms with Gasteiger partial charge >= 0.3 is 0 Å². The summed E-state index contributed by atoms with van der Waals surface area (Å²) in [5.41, 5.74) is 0.857. The maximum absolute atomic E-state index is 12.0. The molecule has 0 fully saturated rings. The summed E-state index contributed by atoms with van der Waals surface area (Å²) >= 11 is 0. The Morgan fingerprint density at radius 2 is 2.18 bits per heavy atom. The Balaban J connectivity index is 2.31. The number of aliphatic hydroxyl groups is 1. The second-order valence-corrected chi connectivity index (χ2v) is 4.45. The summed E-state index contributed by atoms with van der Waals surface area (Å²) in [5.74, 6) is -0.282. The van der Waals surface area contributed by atoms with Crippen molar-refractivity contribution in [1.82, 2.24) is 20.3 Å². The van der Waals surface area contributed by atoms with Crippen molar-refractivity contribution in [1.29, 1.82) is 0 Å². The van der Waals surface area contributed by atoms with Crippen molar-refractivity contribution in [2.45, 2.75) is 19.4 Å². The first-order valence-corrected chi connectivity index (χ1v) is 5.25. The van der Waals surface area contributed by atoms with E-state index in [1.54, 1.807) is 26.2 Å². The van der Waals surface area contributed by atoms with Crippen LogP contribution >= 0.6 is 0 Å². The molecule has 0 spiro atoms. The normalized spacial score (nSPS) is 11.7. The van der Waals surface area contributed by atoms with Crippen molar-refractivity contribution in [3.63, 3.8) is 0 Å². The number of carbonyl (C=O) groups is 1. The number of H-pyrrole nitrogens is 1. The molecule has 3 N–H and O–H groups in total. The van der Waals surface area contributed by atoms with Crippen molar-refractivity contribution in [2.24, 2.45) is 0 Å². The van der Waals surface area contributed by atoms with Crippen molar-refractivity contribution in [3.05, 3.63) is 24.2 Å². The summed E-state index contributed by atoms with van der Waals surface area (Å²) in [7, 11) is 0. The van der Waals surface area contributed by atoms with Gasteiger partial charge < -0.3 is 15.4 Å². The van der Waals surface area contributed by atoms with Gasteiger partial charge in [-0.2, -0.15) is 0 Å². The zero-order valence-electron chi connectivity index (χ0n) is 9.69. The lowest BCUT2D eigenvalue weighted by molar-refractivity contribution is 0.0871. The highest BCUT2D eigenvalue weighted by Gasteiger charge is 2.22. The first-order chi connectivity index (χ1) is 8.03. The Morgan fingerprint density at radius 3 is 2.88 bits per heavy atom. The highest BCUT2D eigenvalue weighted by Crippen LogP contribution is 2.13. The average molecular weight is 234 g/mol. The number of amides is 1. The molecule has 0 saturated carbocycles. The Hall–Kier alpha value is -1.95. The van der Waals surface area contributed by atoms with E-state index >= 15 is 0 Å². The molecule has 0 bridgehead atoms. The van der Waals surface area contributed by atoms with Crippen molar-refractivity contribution < 1.29 is 9.90 Å². The van der Waals surface area contributed by atoms with Gasteiger partial charge in [-0.05, 0) is 13.8 Å². The summed E-state index contributed by atoms with van der Waals surface area (Å²) in [4.78, 5) is 23.0. The summed E-state index contributed by atoms with van der Waals surface area (Å²) in [6.07, 6.45) is 4.65. The molecule has 2 rings (SSSR count). The molecule has 90 valence electrons. The molecule has 0 radical (unpaired) electrons. The third kappa shape index (κ3) is 2.26. The van der Waals surface area contributed by atoms with E-state index in [0.29, 0.717) is 16.7 Å². The standard InChI is InChI=1S/C11H14N4O2/c1-11(2,6-16)15-10(17)7-5-14-9-8(7)12-3-4-13-9/h3-5,16H,6H2,1-2H3,(H,13,14)(H,15,17). The number of hydrogen-bond acceptors (Lipinski definition) is 4. The number of rotatable bonds is 3. The second kappa shape index (κ2) is 4.14. The molecule has 2 aromatic heterocycles. The fraction of sp³-hybridized carbons (Fsp3) is 0.364. The fourth-order valence-electron chi connectivity index (χ4n) is 1.44. The fourth-order valence-corrected chi connectivity index (χ4v) is 1.44. The van der Waals surface area contributed by atoms with Gasteiger partial charge in [-0.3, -0.25) is 9.78 Å². The van der Waals surface area contributed by atoms with Crippen LogP contribution in [0.3, 0.4) is 0 Å². The molecule has 0 atom stereocenters.